The largest absolute Gasteiger partial charge is 0.480 e. The van der Waals surface area contributed by atoms with Crippen LogP contribution in [0.15, 0.2) is 208 Å². The Hall–Kier alpha value is -16.2. The van der Waals surface area contributed by atoms with Gasteiger partial charge in [-0.3, -0.25) is 18.9 Å². The van der Waals surface area contributed by atoms with Gasteiger partial charge in [0.25, 0.3) is 40.1 Å². The van der Waals surface area contributed by atoms with Gasteiger partial charge in [-0.2, -0.15) is 38.5 Å². The third-order valence-electron chi connectivity index (χ3n) is 17.2. The molecule has 0 aliphatic heterocycles. The molecule has 36 nitrogen and oxygen atoms in total. The van der Waals surface area contributed by atoms with E-state index in [0.29, 0.717) is 97.6 Å². The fourth-order valence-corrected chi connectivity index (χ4v) is 15.5. The molecule has 0 spiro atoms. The third-order valence-corrected chi connectivity index (χ3v) is 22.8. The van der Waals surface area contributed by atoms with Crippen molar-refractivity contribution in [3.05, 3.63) is 241 Å². The zero-order valence-corrected chi connectivity index (χ0v) is 71.3. The topological polar surface area (TPSA) is 445 Å². The first kappa shape index (κ1) is 89.5. The number of rotatable bonds is 20. The number of anilines is 4. The molecule has 12 heterocycles. The number of hydrogen-bond donors (Lipinski definition) is 4. The van der Waals surface area contributed by atoms with Crippen LogP contribution in [0.5, 0.6) is 23.5 Å². The lowest BCUT2D eigenvalue weighted by Gasteiger charge is -2.13. The van der Waals surface area contributed by atoms with Gasteiger partial charge in [0, 0.05) is 64.9 Å². The van der Waals surface area contributed by atoms with E-state index in [-0.39, 0.29) is 72.2 Å². The molecule has 16 rings (SSSR count). The summed E-state index contributed by atoms with van der Waals surface area (Å²) >= 11 is 0. The Morgan fingerprint density at radius 2 is 0.672 bits per heavy atom. The van der Waals surface area contributed by atoms with Crippen molar-refractivity contribution in [3.8, 4) is 116 Å². The predicted molar refractivity (Wildman–Crippen MR) is 455 cm³/mol. The number of nitrogens with one attached hydrogen (secondary N) is 4. The summed E-state index contributed by atoms with van der Waals surface area (Å²) in [5.41, 5.74) is 5.76. The van der Waals surface area contributed by atoms with E-state index in [0.717, 1.165) is 60.7 Å². The first-order valence-electron chi connectivity index (χ1n) is 37.0. The molecule has 0 radical (unpaired) electrons. The SMILES string of the molecule is C#Cc1nnc2ccc(-c3cnc(OC)c(NS(=O)(=O)c4ccc(F)cc4)c3)nn12.CC#Cc1nnc2ccc(-c3cnc(OC)c(NS(=O)(=O)c4ccc(F)cc4)c3)nn12.CCC#Cc1nnc2ccc(-c3cnc(OC)c(NS(=O)(=O)c4ccc(F)cc4)c3)nn12.COc1ncc(-c2ccc3nnc(C#CC(C)(C)C)n3n2)cc1NS(=O)(=O)c1ccc(F)cc1F. The average molecular weight is 1810 g/mol. The van der Waals surface area contributed by atoms with Crippen molar-refractivity contribution in [1.29, 1.82) is 0 Å². The maximum Gasteiger partial charge on any atom is 0.264 e. The first-order valence-corrected chi connectivity index (χ1v) is 43.0. The summed E-state index contributed by atoms with van der Waals surface area (Å²) < 4.78 is 205. The van der Waals surface area contributed by atoms with Gasteiger partial charge >= 0.3 is 0 Å². The van der Waals surface area contributed by atoms with Gasteiger partial charge in [0.2, 0.25) is 46.8 Å². The van der Waals surface area contributed by atoms with Crippen LogP contribution < -0.4 is 37.8 Å². The highest BCUT2D eigenvalue weighted by Gasteiger charge is 2.27. The molecule has 0 aliphatic carbocycles. The molecule has 16 aromatic rings. The second kappa shape index (κ2) is 37.9. The Morgan fingerprint density at radius 1 is 0.375 bits per heavy atom. The molecule has 0 atom stereocenters. The lowest BCUT2D eigenvalue weighted by atomic mass is 9.98. The van der Waals surface area contributed by atoms with Gasteiger partial charge < -0.3 is 18.9 Å². The van der Waals surface area contributed by atoms with Crippen molar-refractivity contribution in [2.75, 3.05) is 47.3 Å². The molecular formula is C83H65F5N24O12S4. The van der Waals surface area contributed by atoms with Crippen LogP contribution in [0.2, 0.25) is 0 Å². The summed E-state index contributed by atoms with van der Waals surface area (Å²) in [7, 11) is -11.0. The highest BCUT2D eigenvalue weighted by Crippen LogP contribution is 2.36. The Bertz CT molecular complexity index is 7700. The van der Waals surface area contributed by atoms with Gasteiger partial charge in [-0.05, 0) is 209 Å². The quantitative estimate of drug-likeness (QED) is 0.0407. The van der Waals surface area contributed by atoms with E-state index in [4.69, 9.17) is 25.4 Å². The number of benzene rings is 4. The van der Waals surface area contributed by atoms with Gasteiger partial charge in [0.15, 0.2) is 22.6 Å². The molecule has 0 unspecified atom stereocenters. The van der Waals surface area contributed by atoms with Gasteiger partial charge in [0.1, 0.15) is 56.7 Å². The smallest absolute Gasteiger partial charge is 0.264 e. The molecule has 0 bridgehead atoms. The number of nitrogens with zero attached hydrogens (tertiary/aromatic N) is 20. The number of aromatic nitrogens is 20. The molecule has 128 heavy (non-hydrogen) atoms. The van der Waals surface area contributed by atoms with Crippen molar-refractivity contribution in [2.45, 2.75) is 60.6 Å². The van der Waals surface area contributed by atoms with E-state index in [1.54, 1.807) is 61.5 Å². The lowest BCUT2D eigenvalue weighted by molar-refractivity contribution is 0.400. The van der Waals surface area contributed by atoms with Crippen molar-refractivity contribution in [1.82, 2.24) is 99.2 Å². The highest BCUT2D eigenvalue weighted by atomic mass is 32.2. The minimum Gasteiger partial charge on any atom is -0.480 e. The Labute approximate surface area is 725 Å². The zero-order valence-electron chi connectivity index (χ0n) is 68.0. The number of hydrogen-bond acceptors (Lipinski definition) is 28. The molecule has 648 valence electrons. The molecule has 45 heteroatoms. The number of halogens is 5. The Balaban J connectivity index is 0.000000146. The summed E-state index contributed by atoms with van der Waals surface area (Å²) in [6.45, 7) is 9.49. The van der Waals surface area contributed by atoms with Gasteiger partial charge in [-0.25, -0.2) is 75.6 Å². The lowest BCUT2D eigenvalue weighted by Crippen LogP contribution is -2.16. The fraction of sp³-hybridized carbons (Fsp3) is 0.133. The van der Waals surface area contributed by atoms with Crippen molar-refractivity contribution in [2.24, 2.45) is 5.41 Å². The maximum absolute atomic E-state index is 14.1. The predicted octanol–water partition coefficient (Wildman–Crippen LogP) is 11.2. The van der Waals surface area contributed by atoms with Gasteiger partial charge in [-0.15, -0.1) is 47.2 Å². The standard InChI is InChI=1S/C23H20F2N6O3S.C21H17FN6O3S.C20H15FN6O3S.C19H13FN6O3S/c1-23(2,3)10-9-21-28-27-20-8-6-17(29-31(20)21)14-11-18(22(34-4)26-13-14)30-35(32,33)19-7-5-15(24)12-16(19)25;1-3-4-5-19-24-25-20-11-10-17(26-28(19)20)14-12-18(21(31-2)23-13-14)27-32(29,30)16-8-6-15(22)7-9-16;1-3-4-18-23-24-19-10-9-16(25-27(18)19)13-11-17(20(30-2)22-12-13)26-31(28,29)15-7-5-14(21)6-8-15;1-3-17-22-23-18-9-8-15(24-26(17)18)12-10-16(19(29-2)21-11-12)25-30(27,28)14-6-4-13(20)5-7-14/h5-8,11-13,30H,1-4H3;6-13,27H,3H2,1-2H3;5-12,26H,1-2H3;1,4-11,25H,2H3. The van der Waals surface area contributed by atoms with Crippen molar-refractivity contribution < 1.29 is 74.6 Å². The molecule has 0 aliphatic rings. The Kier molecular flexibility index (Phi) is 26.5. The van der Waals surface area contributed by atoms with E-state index >= 15 is 0 Å². The molecule has 4 aromatic carbocycles. The minimum atomic E-state index is -4.42. The van der Waals surface area contributed by atoms with Crippen LogP contribution in [0, 0.1) is 82.4 Å². The number of sulfonamides is 4. The minimum absolute atomic E-state index is 0.0537. The second-order valence-electron chi connectivity index (χ2n) is 27.2. The number of ether oxygens (including phenoxy) is 4. The van der Waals surface area contributed by atoms with Crippen LogP contribution in [-0.4, -0.2) is 161 Å². The summed E-state index contributed by atoms with van der Waals surface area (Å²) in [4.78, 5) is 15.6. The van der Waals surface area contributed by atoms with Gasteiger partial charge in [0.05, 0.1) is 65.9 Å². The highest BCUT2D eigenvalue weighted by molar-refractivity contribution is 7.93. The van der Waals surface area contributed by atoms with E-state index in [9.17, 15) is 55.6 Å². The number of methoxy groups -OCH3 is 4. The first-order chi connectivity index (χ1) is 61.2. The average Bonchev–Trinajstić information content (AvgIpc) is 1.51. The third kappa shape index (κ3) is 20.8. The summed E-state index contributed by atoms with van der Waals surface area (Å²) in [5.74, 6) is 17.5. The van der Waals surface area contributed by atoms with Crippen LogP contribution in [0.3, 0.4) is 0 Å². The number of fused-ring (bicyclic) bond motifs is 4. The normalized spacial score (nSPS) is 11.3. The van der Waals surface area contributed by atoms with Crippen LogP contribution in [0.4, 0.5) is 44.7 Å². The van der Waals surface area contributed by atoms with Crippen LogP contribution in [0.1, 0.15) is 64.3 Å². The molecule has 0 saturated heterocycles. The van der Waals surface area contributed by atoms with E-state index in [2.05, 4.69) is 141 Å². The van der Waals surface area contributed by atoms with Crippen molar-refractivity contribution >= 4 is 85.4 Å². The molecule has 0 fully saturated rings. The van der Waals surface area contributed by atoms with E-state index in [1.165, 1.54) is 114 Å². The molecule has 4 N–H and O–H groups in total. The molecule has 0 amide bonds. The van der Waals surface area contributed by atoms with Crippen LogP contribution in [0.25, 0.3) is 67.6 Å². The van der Waals surface area contributed by atoms with E-state index < -0.39 is 74.1 Å². The fourth-order valence-electron chi connectivity index (χ4n) is 11.3. The molecule has 0 saturated carbocycles. The van der Waals surface area contributed by atoms with Crippen molar-refractivity contribution in [3.63, 3.8) is 0 Å². The van der Waals surface area contributed by atoms with E-state index in [1.807, 2.05) is 27.7 Å². The van der Waals surface area contributed by atoms with Gasteiger partial charge in [-0.1, -0.05) is 24.7 Å². The van der Waals surface area contributed by atoms with Crippen LogP contribution >= 0.6 is 0 Å². The summed E-state index contributed by atoms with van der Waals surface area (Å²) in [6.07, 6.45) is 12.0. The monoisotopic (exact) mass is 1810 g/mol. The number of terminal acetylenes is 1. The molecule has 12 aromatic heterocycles. The summed E-state index contributed by atoms with van der Waals surface area (Å²) in [5, 5.41) is 49.8. The second-order valence-corrected chi connectivity index (χ2v) is 33.9. The molecular weight excluding hydrogens is 1750 g/mol. The summed E-state index contributed by atoms with van der Waals surface area (Å²) in [6, 6.07) is 35.1. The Morgan fingerprint density at radius 3 is 0.969 bits per heavy atom. The van der Waals surface area contributed by atoms with Crippen LogP contribution in [-0.2, 0) is 40.1 Å². The number of pyridine rings is 4. The zero-order chi connectivity index (χ0) is 91.4. The maximum atomic E-state index is 14.1.